The van der Waals surface area contributed by atoms with E-state index in [0.29, 0.717) is 5.56 Å². The van der Waals surface area contributed by atoms with Crippen molar-refractivity contribution < 1.29 is 4.79 Å². The first kappa shape index (κ1) is 19.4. The summed E-state index contributed by atoms with van der Waals surface area (Å²) in [6.07, 6.45) is 6.52. The fourth-order valence-corrected chi connectivity index (χ4v) is 4.44. The molecule has 0 saturated carbocycles. The molecule has 4 aromatic rings. The van der Waals surface area contributed by atoms with Crippen LogP contribution in [0.3, 0.4) is 0 Å². The van der Waals surface area contributed by atoms with Crippen molar-refractivity contribution in [3.63, 3.8) is 0 Å². The number of likely N-dealkylation sites (tertiary alicyclic amines) is 1. The molecule has 4 heteroatoms. The Morgan fingerprint density at radius 1 is 0.968 bits per heavy atom. The maximum absolute atomic E-state index is 13.5. The minimum atomic E-state index is 0.0212. The highest BCUT2D eigenvalue weighted by atomic mass is 16.2. The number of carbonyl (C=O) groups is 1. The first-order valence-corrected chi connectivity index (χ1v) is 10.8. The van der Waals surface area contributed by atoms with E-state index in [1.54, 1.807) is 6.20 Å². The predicted molar refractivity (Wildman–Crippen MR) is 123 cm³/mol. The summed E-state index contributed by atoms with van der Waals surface area (Å²) in [5.41, 5.74) is 6.27. The van der Waals surface area contributed by atoms with E-state index in [2.05, 4.69) is 48.3 Å². The van der Waals surface area contributed by atoms with E-state index in [1.807, 2.05) is 41.4 Å². The third kappa shape index (κ3) is 3.93. The third-order valence-corrected chi connectivity index (χ3v) is 6.11. The van der Waals surface area contributed by atoms with Gasteiger partial charge in [-0.2, -0.15) is 0 Å². The summed E-state index contributed by atoms with van der Waals surface area (Å²) in [6.45, 7) is 2.86. The quantitative estimate of drug-likeness (QED) is 0.448. The lowest BCUT2D eigenvalue weighted by atomic mass is 10.0. The van der Waals surface area contributed by atoms with Crippen molar-refractivity contribution in [2.45, 2.75) is 32.2 Å². The van der Waals surface area contributed by atoms with Gasteiger partial charge in [-0.25, -0.2) is 0 Å². The van der Waals surface area contributed by atoms with Gasteiger partial charge in [0.1, 0.15) is 0 Å². The zero-order valence-corrected chi connectivity index (χ0v) is 17.7. The van der Waals surface area contributed by atoms with Gasteiger partial charge >= 0.3 is 0 Å². The summed E-state index contributed by atoms with van der Waals surface area (Å²) in [4.78, 5) is 24.6. The molecule has 5 rings (SSSR count). The van der Waals surface area contributed by atoms with E-state index in [9.17, 15) is 4.79 Å². The second-order valence-electron chi connectivity index (χ2n) is 8.29. The zero-order valence-electron chi connectivity index (χ0n) is 17.7. The molecule has 0 radical (unpaired) electrons. The van der Waals surface area contributed by atoms with Gasteiger partial charge in [0, 0.05) is 29.9 Å². The summed E-state index contributed by atoms with van der Waals surface area (Å²) >= 11 is 0. The molecule has 1 atom stereocenters. The Labute approximate surface area is 182 Å². The van der Waals surface area contributed by atoms with Crippen molar-refractivity contribution in [3.05, 3.63) is 107 Å². The fourth-order valence-electron chi connectivity index (χ4n) is 4.44. The monoisotopic (exact) mass is 407 g/mol. The highest BCUT2D eigenvalue weighted by molar-refractivity contribution is 6.06. The Morgan fingerprint density at radius 3 is 2.61 bits per heavy atom. The zero-order chi connectivity index (χ0) is 21.2. The van der Waals surface area contributed by atoms with Crippen LogP contribution in [0.1, 0.15) is 51.6 Å². The van der Waals surface area contributed by atoms with E-state index in [0.717, 1.165) is 42.4 Å². The van der Waals surface area contributed by atoms with Gasteiger partial charge in [0.15, 0.2) is 0 Å². The Hall–Kier alpha value is -3.53. The second-order valence-corrected chi connectivity index (χ2v) is 8.29. The van der Waals surface area contributed by atoms with Crippen molar-refractivity contribution in [3.8, 4) is 0 Å². The van der Waals surface area contributed by atoms with Gasteiger partial charge in [-0.3, -0.25) is 14.8 Å². The van der Waals surface area contributed by atoms with Crippen molar-refractivity contribution in [2.24, 2.45) is 0 Å². The minimum absolute atomic E-state index is 0.0212. The average Bonchev–Trinajstić information content (AvgIpc) is 3.30. The summed E-state index contributed by atoms with van der Waals surface area (Å²) < 4.78 is 0. The van der Waals surface area contributed by atoms with Gasteiger partial charge in [-0.05, 0) is 61.6 Å². The molecule has 0 aliphatic carbocycles. The number of benzene rings is 2. The molecule has 1 aliphatic heterocycles. The molecule has 154 valence electrons. The van der Waals surface area contributed by atoms with E-state index < -0.39 is 0 Å². The molecular weight excluding hydrogens is 382 g/mol. The van der Waals surface area contributed by atoms with Crippen molar-refractivity contribution in [1.29, 1.82) is 0 Å². The highest BCUT2D eigenvalue weighted by Crippen LogP contribution is 2.33. The van der Waals surface area contributed by atoms with Gasteiger partial charge in [0.05, 0.1) is 17.3 Å². The van der Waals surface area contributed by atoms with Crippen molar-refractivity contribution in [1.82, 2.24) is 14.9 Å². The molecule has 3 heterocycles. The first-order chi connectivity index (χ1) is 15.2. The molecule has 1 aliphatic rings. The second kappa shape index (κ2) is 8.31. The van der Waals surface area contributed by atoms with Crippen LogP contribution < -0.4 is 0 Å². The summed E-state index contributed by atoms with van der Waals surface area (Å²) in [5.74, 6) is 0.0617. The number of nitrogens with zero attached hydrogens (tertiary/aromatic N) is 3. The standard InChI is InChI=1S/C27H25N3O/c1-19-9-11-20(12-10-19)17-21-13-14-25(29-18-21)26-8-4-16-30(26)27(31)23-5-2-7-24-22(23)6-3-15-28-24/h2-3,5-7,9-15,18,26H,4,8,16-17H2,1H3/t26-/m1/s1. The summed E-state index contributed by atoms with van der Waals surface area (Å²) in [7, 11) is 0. The largest absolute Gasteiger partial charge is 0.330 e. The van der Waals surface area contributed by atoms with Gasteiger partial charge in [-0.15, -0.1) is 0 Å². The van der Waals surface area contributed by atoms with Crippen LogP contribution in [0, 0.1) is 6.92 Å². The topological polar surface area (TPSA) is 46.1 Å². The number of hydrogen-bond acceptors (Lipinski definition) is 3. The predicted octanol–water partition coefficient (Wildman–Crippen LogP) is 5.51. The third-order valence-electron chi connectivity index (χ3n) is 6.11. The van der Waals surface area contributed by atoms with Crippen molar-refractivity contribution >= 4 is 16.8 Å². The molecule has 1 amide bonds. The molecule has 0 spiro atoms. The maximum Gasteiger partial charge on any atom is 0.255 e. The molecule has 2 aromatic carbocycles. The smallest absolute Gasteiger partial charge is 0.255 e. The van der Waals surface area contributed by atoms with E-state index >= 15 is 0 Å². The number of aromatic nitrogens is 2. The maximum atomic E-state index is 13.5. The normalized spacial score (nSPS) is 16.0. The van der Waals surface area contributed by atoms with Crippen LogP contribution >= 0.6 is 0 Å². The number of hydrogen-bond donors (Lipinski definition) is 0. The van der Waals surface area contributed by atoms with Crippen LogP contribution in [0.2, 0.25) is 0 Å². The Bertz CT molecular complexity index is 1210. The molecule has 4 nitrogen and oxygen atoms in total. The fraction of sp³-hybridized carbons (Fsp3) is 0.222. The number of fused-ring (bicyclic) bond motifs is 1. The van der Waals surface area contributed by atoms with Gasteiger partial charge in [0.2, 0.25) is 0 Å². The van der Waals surface area contributed by atoms with Crippen LogP contribution in [0.25, 0.3) is 10.9 Å². The Balaban J connectivity index is 1.37. The molecule has 1 saturated heterocycles. The lowest BCUT2D eigenvalue weighted by Gasteiger charge is -2.25. The van der Waals surface area contributed by atoms with E-state index in [-0.39, 0.29) is 11.9 Å². The molecule has 0 N–H and O–H groups in total. The summed E-state index contributed by atoms with van der Waals surface area (Å²) in [5, 5.41) is 0.905. The molecule has 31 heavy (non-hydrogen) atoms. The SMILES string of the molecule is Cc1ccc(Cc2ccc([C@H]3CCCN3C(=O)c3cccc4ncccc34)nc2)cc1. The van der Waals surface area contributed by atoms with Crippen LogP contribution in [0.15, 0.2) is 79.1 Å². The van der Waals surface area contributed by atoms with Gasteiger partial charge in [0.25, 0.3) is 5.91 Å². The lowest BCUT2D eigenvalue weighted by molar-refractivity contribution is 0.0735. The first-order valence-electron chi connectivity index (χ1n) is 10.8. The van der Waals surface area contributed by atoms with Crippen LogP contribution in [0.5, 0.6) is 0 Å². The Kier molecular flexibility index (Phi) is 5.21. The van der Waals surface area contributed by atoms with E-state index in [4.69, 9.17) is 4.98 Å². The number of amides is 1. The van der Waals surface area contributed by atoms with E-state index in [1.165, 1.54) is 16.7 Å². The minimum Gasteiger partial charge on any atom is -0.330 e. The molecule has 0 unspecified atom stereocenters. The molecule has 1 fully saturated rings. The average molecular weight is 408 g/mol. The van der Waals surface area contributed by atoms with Crippen LogP contribution in [-0.2, 0) is 6.42 Å². The summed E-state index contributed by atoms with van der Waals surface area (Å²) in [6, 6.07) is 22.5. The highest BCUT2D eigenvalue weighted by Gasteiger charge is 2.32. The number of rotatable bonds is 4. The van der Waals surface area contributed by atoms with Crippen LogP contribution in [-0.4, -0.2) is 27.3 Å². The Morgan fingerprint density at radius 2 is 1.81 bits per heavy atom. The van der Waals surface area contributed by atoms with Crippen molar-refractivity contribution in [2.75, 3.05) is 6.54 Å². The van der Waals surface area contributed by atoms with Gasteiger partial charge < -0.3 is 4.90 Å². The number of pyridine rings is 2. The number of carbonyl (C=O) groups excluding carboxylic acids is 1. The number of aryl methyl sites for hydroxylation is 1. The molecule has 2 aromatic heterocycles. The van der Waals surface area contributed by atoms with Gasteiger partial charge in [-0.1, -0.05) is 48.0 Å². The lowest BCUT2D eigenvalue weighted by Crippen LogP contribution is -2.31. The molecular formula is C27H25N3O. The van der Waals surface area contributed by atoms with Crippen LogP contribution in [0.4, 0.5) is 0 Å². The molecule has 0 bridgehead atoms.